The molecule has 0 aliphatic carbocycles. The number of aromatic nitrogens is 2. The number of nitrogens with two attached hydrogens (primary N) is 1. The van der Waals surface area contributed by atoms with E-state index in [1.165, 1.54) is 4.68 Å². The third-order valence-electron chi connectivity index (χ3n) is 1.99. The van der Waals surface area contributed by atoms with Gasteiger partial charge >= 0.3 is 0 Å². The maximum absolute atomic E-state index is 11.2. The molecule has 1 heterocycles. The first-order chi connectivity index (χ1) is 7.54. The van der Waals surface area contributed by atoms with Crippen LogP contribution in [0.25, 0.3) is 0 Å². The van der Waals surface area contributed by atoms with Crippen LogP contribution >= 0.6 is 12.6 Å². The zero-order valence-corrected chi connectivity index (χ0v) is 9.83. The van der Waals surface area contributed by atoms with Crippen LogP contribution in [-0.4, -0.2) is 27.3 Å². The normalized spacial score (nSPS) is 10.1. The maximum atomic E-state index is 11.2. The molecule has 0 radical (unpaired) electrons. The van der Waals surface area contributed by atoms with Gasteiger partial charge in [-0.3, -0.25) is 14.3 Å². The predicted molar refractivity (Wildman–Crippen MR) is 62.0 cm³/mol. The minimum absolute atomic E-state index is 0.0960. The Morgan fingerprint density at radius 2 is 2.31 bits per heavy atom. The number of aryl methyl sites for hydroxylation is 1. The second-order valence-electron chi connectivity index (χ2n) is 3.26. The number of thiol groups is 1. The van der Waals surface area contributed by atoms with Gasteiger partial charge in [-0.25, -0.2) is 0 Å². The molecule has 0 fully saturated rings. The molecule has 88 valence electrons. The second kappa shape index (κ2) is 5.55. The molecule has 0 aromatic carbocycles. The lowest BCUT2D eigenvalue weighted by Gasteiger charge is -2.00. The fraction of sp³-hybridized carbons (Fsp3) is 0.444. The minimum Gasteiger partial charge on any atom is -0.364 e. The summed E-state index contributed by atoms with van der Waals surface area (Å²) in [5, 5.41) is 6.71. The van der Waals surface area contributed by atoms with Crippen molar-refractivity contribution in [3.8, 4) is 0 Å². The number of carbonyl (C=O) groups excluding carboxylic acids is 2. The number of nitrogens with zero attached hydrogens (tertiary/aromatic N) is 2. The van der Waals surface area contributed by atoms with E-state index in [1.54, 1.807) is 13.1 Å². The Hall–Kier alpha value is -1.50. The van der Waals surface area contributed by atoms with Gasteiger partial charge in [0.15, 0.2) is 0 Å². The molecule has 0 saturated heterocycles. The van der Waals surface area contributed by atoms with Gasteiger partial charge in [-0.2, -0.15) is 17.7 Å². The molecular formula is C9H14N4O2S. The molecule has 1 aromatic rings. The summed E-state index contributed by atoms with van der Waals surface area (Å²) in [6, 6.07) is 1.56. The van der Waals surface area contributed by atoms with E-state index in [9.17, 15) is 9.59 Å². The van der Waals surface area contributed by atoms with E-state index >= 15 is 0 Å². The van der Waals surface area contributed by atoms with Crippen LogP contribution in [0.5, 0.6) is 0 Å². The fourth-order valence-electron chi connectivity index (χ4n) is 1.22. The summed E-state index contributed by atoms with van der Waals surface area (Å²) in [5.41, 5.74) is 6.05. The van der Waals surface area contributed by atoms with E-state index in [0.29, 0.717) is 23.6 Å². The van der Waals surface area contributed by atoms with Gasteiger partial charge in [0, 0.05) is 13.5 Å². The molecule has 0 spiro atoms. The number of hydrogen-bond donors (Lipinski definition) is 3. The second-order valence-corrected chi connectivity index (χ2v) is 3.71. The molecule has 1 aromatic heterocycles. The summed E-state index contributed by atoms with van der Waals surface area (Å²) in [4.78, 5) is 22.1. The Kier molecular flexibility index (Phi) is 4.36. The van der Waals surface area contributed by atoms with Gasteiger partial charge in [-0.05, 0) is 11.8 Å². The van der Waals surface area contributed by atoms with Crippen molar-refractivity contribution in [1.29, 1.82) is 0 Å². The maximum Gasteiger partial charge on any atom is 0.266 e. The molecule has 1 rings (SSSR count). The van der Waals surface area contributed by atoms with Gasteiger partial charge in [-0.1, -0.05) is 0 Å². The van der Waals surface area contributed by atoms with Crippen molar-refractivity contribution in [2.24, 2.45) is 12.8 Å². The van der Waals surface area contributed by atoms with Gasteiger partial charge in [-0.15, -0.1) is 0 Å². The highest BCUT2D eigenvalue weighted by Gasteiger charge is 2.10. The van der Waals surface area contributed by atoms with Gasteiger partial charge in [0.1, 0.15) is 5.69 Å². The summed E-state index contributed by atoms with van der Waals surface area (Å²) in [6.07, 6.45) is 0.360. The Morgan fingerprint density at radius 3 is 2.81 bits per heavy atom. The Morgan fingerprint density at radius 1 is 1.62 bits per heavy atom. The van der Waals surface area contributed by atoms with Crippen LogP contribution in [0.3, 0.4) is 0 Å². The molecule has 0 unspecified atom stereocenters. The van der Waals surface area contributed by atoms with Crippen molar-refractivity contribution in [3.05, 3.63) is 17.5 Å². The van der Waals surface area contributed by atoms with Crippen LogP contribution in [-0.2, 0) is 18.4 Å². The molecule has 16 heavy (non-hydrogen) atoms. The molecular weight excluding hydrogens is 228 g/mol. The van der Waals surface area contributed by atoms with Gasteiger partial charge in [0.05, 0.1) is 12.2 Å². The highest BCUT2D eigenvalue weighted by atomic mass is 32.1. The fourth-order valence-corrected chi connectivity index (χ4v) is 1.43. The molecule has 7 heteroatoms. The van der Waals surface area contributed by atoms with Crippen LogP contribution in [0, 0.1) is 0 Å². The first kappa shape index (κ1) is 12.6. The van der Waals surface area contributed by atoms with Gasteiger partial charge in [0.2, 0.25) is 5.91 Å². The topological polar surface area (TPSA) is 90.0 Å². The summed E-state index contributed by atoms with van der Waals surface area (Å²) in [7, 11) is 1.62. The van der Waals surface area contributed by atoms with Crippen molar-refractivity contribution >= 4 is 24.4 Å². The zero-order chi connectivity index (χ0) is 12.1. The highest BCUT2D eigenvalue weighted by molar-refractivity contribution is 7.80. The van der Waals surface area contributed by atoms with E-state index < -0.39 is 5.91 Å². The van der Waals surface area contributed by atoms with Crippen LogP contribution in [0.1, 0.15) is 22.6 Å². The van der Waals surface area contributed by atoms with Crippen molar-refractivity contribution in [2.45, 2.75) is 13.0 Å². The zero-order valence-electron chi connectivity index (χ0n) is 8.93. The van der Waals surface area contributed by atoms with Crippen molar-refractivity contribution in [2.75, 3.05) is 5.75 Å². The number of carbonyl (C=O) groups is 2. The summed E-state index contributed by atoms with van der Waals surface area (Å²) in [6.45, 7) is 0.285. The van der Waals surface area contributed by atoms with E-state index in [1.807, 2.05) is 0 Å². The SMILES string of the molecule is Cn1nc(CNC(=O)CCS)cc1C(N)=O. The van der Waals surface area contributed by atoms with E-state index in [-0.39, 0.29) is 12.5 Å². The minimum atomic E-state index is -0.539. The van der Waals surface area contributed by atoms with Crippen molar-refractivity contribution in [1.82, 2.24) is 15.1 Å². The Bertz CT molecular complexity index is 402. The average Bonchev–Trinajstić information content (AvgIpc) is 2.57. The Labute approximate surface area is 98.6 Å². The number of hydrogen-bond acceptors (Lipinski definition) is 4. The van der Waals surface area contributed by atoms with E-state index in [2.05, 4.69) is 23.0 Å². The van der Waals surface area contributed by atoms with Crippen LogP contribution in [0.2, 0.25) is 0 Å². The highest BCUT2D eigenvalue weighted by Crippen LogP contribution is 2.02. The van der Waals surface area contributed by atoms with Gasteiger partial charge < -0.3 is 11.1 Å². The standard InChI is InChI=1S/C9H14N4O2S/c1-13-7(9(10)15)4-6(12-13)5-11-8(14)2-3-16/h4,16H,2-3,5H2,1H3,(H2,10,15)(H,11,14). The largest absolute Gasteiger partial charge is 0.364 e. The Balaban J connectivity index is 2.58. The molecule has 2 amide bonds. The smallest absolute Gasteiger partial charge is 0.266 e. The molecule has 3 N–H and O–H groups in total. The first-order valence-electron chi connectivity index (χ1n) is 4.75. The first-order valence-corrected chi connectivity index (χ1v) is 5.38. The van der Waals surface area contributed by atoms with Crippen LogP contribution in [0.4, 0.5) is 0 Å². The summed E-state index contributed by atoms with van der Waals surface area (Å²) < 4.78 is 1.39. The molecule has 0 saturated carbocycles. The predicted octanol–water partition coefficient (Wildman–Crippen LogP) is -0.545. The molecule has 0 aliphatic heterocycles. The molecule has 0 bridgehead atoms. The monoisotopic (exact) mass is 242 g/mol. The molecule has 6 nitrogen and oxygen atoms in total. The van der Waals surface area contributed by atoms with E-state index in [0.717, 1.165) is 0 Å². The van der Waals surface area contributed by atoms with Crippen LogP contribution < -0.4 is 11.1 Å². The lowest BCUT2D eigenvalue weighted by atomic mass is 10.3. The molecule has 0 atom stereocenters. The van der Waals surface area contributed by atoms with E-state index in [4.69, 9.17) is 5.73 Å². The van der Waals surface area contributed by atoms with Gasteiger partial charge in [0.25, 0.3) is 5.91 Å². The lowest BCUT2D eigenvalue weighted by molar-refractivity contribution is -0.120. The average molecular weight is 242 g/mol. The van der Waals surface area contributed by atoms with Crippen molar-refractivity contribution < 1.29 is 9.59 Å². The third-order valence-corrected chi connectivity index (χ3v) is 2.21. The lowest BCUT2D eigenvalue weighted by Crippen LogP contribution is -2.23. The quantitative estimate of drug-likeness (QED) is 0.605. The number of primary amides is 1. The number of amides is 2. The van der Waals surface area contributed by atoms with Crippen LogP contribution in [0.15, 0.2) is 6.07 Å². The molecule has 0 aliphatic rings. The summed E-state index contributed by atoms with van der Waals surface area (Å²) >= 11 is 3.95. The third kappa shape index (κ3) is 3.27. The number of nitrogens with one attached hydrogen (secondary N) is 1. The van der Waals surface area contributed by atoms with Crippen molar-refractivity contribution in [3.63, 3.8) is 0 Å². The number of rotatable bonds is 5. The summed E-state index contributed by atoms with van der Waals surface area (Å²) in [5.74, 6) is -0.134.